The molecular formula is C26H26N4O2S2. The Morgan fingerprint density at radius 3 is 2.59 bits per heavy atom. The van der Waals surface area contributed by atoms with E-state index < -0.39 is 0 Å². The number of para-hydroxylation sites is 1. The lowest BCUT2D eigenvalue weighted by molar-refractivity contribution is -0.113. The maximum Gasteiger partial charge on any atom is 0.234 e. The van der Waals surface area contributed by atoms with Gasteiger partial charge >= 0.3 is 0 Å². The second-order valence-electron chi connectivity index (χ2n) is 7.57. The number of rotatable bonds is 10. The van der Waals surface area contributed by atoms with Crippen LogP contribution in [0.15, 0.2) is 93.8 Å². The van der Waals surface area contributed by atoms with Gasteiger partial charge in [-0.1, -0.05) is 77.6 Å². The molecule has 4 rings (SSSR count). The third-order valence-corrected chi connectivity index (χ3v) is 7.03. The van der Waals surface area contributed by atoms with E-state index in [1.54, 1.807) is 18.9 Å². The number of nitrogens with zero attached hydrogens (tertiary/aromatic N) is 3. The van der Waals surface area contributed by atoms with Gasteiger partial charge in [0.15, 0.2) is 11.0 Å². The minimum Gasteiger partial charge on any atom is -0.383 e. The summed E-state index contributed by atoms with van der Waals surface area (Å²) in [6.07, 6.45) is 0. The molecule has 1 amide bonds. The fraction of sp³-hybridized carbons (Fsp3) is 0.192. The average molecular weight is 491 g/mol. The number of carbonyl (C=O) groups is 1. The number of hydrogen-bond acceptors (Lipinski definition) is 6. The maximum atomic E-state index is 12.8. The van der Waals surface area contributed by atoms with E-state index in [9.17, 15) is 4.79 Å². The van der Waals surface area contributed by atoms with E-state index in [4.69, 9.17) is 4.74 Å². The number of benzene rings is 3. The average Bonchev–Trinajstić information content (AvgIpc) is 3.26. The number of amides is 1. The minimum atomic E-state index is -0.0930. The van der Waals surface area contributed by atoms with Crippen molar-refractivity contribution in [2.45, 2.75) is 28.4 Å². The van der Waals surface area contributed by atoms with Gasteiger partial charge in [0.05, 0.1) is 24.6 Å². The van der Waals surface area contributed by atoms with Crippen LogP contribution in [0.2, 0.25) is 0 Å². The van der Waals surface area contributed by atoms with Crippen molar-refractivity contribution in [3.8, 4) is 11.4 Å². The summed E-state index contributed by atoms with van der Waals surface area (Å²) in [5.74, 6) is 0.904. The fourth-order valence-corrected chi connectivity index (χ4v) is 5.06. The lowest BCUT2D eigenvalue weighted by atomic mass is 10.1. The van der Waals surface area contributed by atoms with Crippen LogP contribution in [0.25, 0.3) is 11.4 Å². The SMILES string of the molecule is COCCn1c(SCC(=O)Nc2ccccc2Sc2ccccc2)nnc1-c1cccc(C)c1. The maximum absolute atomic E-state index is 12.8. The van der Waals surface area contributed by atoms with E-state index in [2.05, 4.69) is 33.7 Å². The van der Waals surface area contributed by atoms with Crippen LogP contribution < -0.4 is 5.32 Å². The lowest BCUT2D eigenvalue weighted by Gasteiger charge is -2.12. The van der Waals surface area contributed by atoms with E-state index in [0.29, 0.717) is 18.3 Å². The molecule has 6 nitrogen and oxygen atoms in total. The first-order valence-electron chi connectivity index (χ1n) is 10.9. The highest BCUT2D eigenvalue weighted by Crippen LogP contribution is 2.33. The number of thioether (sulfide) groups is 1. The summed E-state index contributed by atoms with van der Waals surface area (Å²) >= 11 is 2.99. The molecule has 0 saturated carbocycles. The van der Waals surface area contributed by atoms with Crippen molar-refractivity contribution in [1.29, 1.82) is 0 Å². The van der Waals surface area contributed by atoms with Crippen LogP contribution in [0.3, 0.4) is 0 Å². The van der Waals surface area contributed by atoms with Crippen LogP contribution in [-0.2, 0) is 16.1 Å². The number of anilines is 1. The Bertz CT molecular complexity index is 1240. The molecule has 1 N–H and O–H groups in total. The number of hydrogen-bond donors (Lipinski definition) is 1. The first kappa shape index (κ1) is 24.1. The highest BCUT2D eigenvalue weighted by Gasteiger charge is 2.16. The molecule has 0 aliphatic rings. The number of aryl methyl sites for hydroxylation is 1. The van der Waals surface area contributed by atoms with Gasteiger partial charge in [0.25, 0.3) is 0 Å². The molecule has 4 aromatic rings. The summed E-state index contributed by atoms with van der Waals surface area (Å²) in [4.78, 5) is 14.9. The Balaban J connectivity index is 1.45. The zero-order valence-electron chi connectivity index (χ0n) is 19.1. The second kappa shape index (κ2) is 11.9. The second-order valence-corrected chi connectivity index (χ2v) is 9.63. The van der Waals surface area contributed by atoms with Gasteiger partial charge in [-0.05, 0) is 37.3 Å². The van der Waals surface area contributed by atoms with Crippen molar-refractivity contribution in [3.63, 3.8) is 0 Å². The van der Waals surface area contributed by atoms with Crippen LogP contribution in [0.1, 0.15) is 5.56 Å². The Kier molecular flexibility index (Phi) is 8.41. The molecule has 0 unspecified atom stereocenters. The minimum absolute atomic E-state index is 0.0930. The van der Waals surface area contributed by atoms with Gasteiger partial charge in [-0.3, -0.25) is 9.36 Å². The molecule has 8 heteroatoms. The van der Waals surface area contributed by atoms with Crippen molar-refractivity contribution >= 4 is 35.1 Å². The Hall–Kier alpha value is -3.07. The number of ether oxygens (including phenoxy) is 1. The van der Waals surface area contributed by atoms with Crippen LogP contribution in [0, 0.1) is 6.92 Å². The molecule has 0 saturated heterocycles. The van der Waals surface area contributed by atoms with Crippen molar-refractivity contribution in [2.24, 2.45) is 0 Å². The summed E-state index contributed by atoms with van der Waals surface area (Å²) in [7, 11) is 1.67. The van der Waals surface area contributed by atoms with Gasteiger partial charge in [-0.25, -0.2) is 0 Å². The predicted molar refractivity (Wildman–Crippen MR) is 138 cm³/mol. The number of nitrogens with one attached hydrogen (secondary N) is 1. The smallest absolute Gasteiger partial charge is 0.234 e. The van der Waals surface area contributed by atoms with Gasteiger partial charge in [0, 0.05) is 22.5 Å². The molecule has 1 aromatic heterocycles. The summed E-state index contributed by atoms with van der Waals surface area (Å²) in [6.45, 7) is 3.18. The van der Waals surface area contributed by atoms with Gasteiger partial charge in [0.2, 0.25) is 5.91 Å². The Labute approximate surface area is 208 Å². The normalized spacial score (nSPS) is 10.9. The van der Waals surface area contributed by atoms with E-state index in [1.165, 1.54) is 11.8 Å². The number of aromatic nitrogens is 3. The highest BCUT2D eigenvalue weighted by molar-refractivity contribution is 8.00. The molecular weight excluding hydrogens is 464 g/mol. The molecule has 174 valence electrons. The molecule has 0 radical (unpaired) electrons. The van der Waals surface area contributed by atoms with E-state index in [1.807, 2.05) is 72.2 Å². The molecule has 0 aliphatic carbocycles. The first-order valence-corrected chi connectivity index (χ1v) is 12.7. The van der Waals surface area contributed by atoms with Crippen molar-refractivity contribution < 1.29 is 9.53 Å². The molecule has 0 bridgehead atoms. The van der Waals surface area contributed by atoms with Crippen LogP contribution in [0.4, 0.5) is 5.69 Å². The summed E-state index contributed by atoms with van der Waals surface area (Å²) in [5.41, 5.74) is 2.94. The molecule has 0 fully saturated rings. The first-order chi connectivity index (χ1) is 16.6. The topological polar surface area (TPSA) is 69.0 Å². The number of methoxy groups -OCH3 is 1. The van der Waals surface area contributed by atoms with Crippen LogP contribution >= 0.6 is 23.5 Å². The highest BCUT2D eigenvalue weighted by atomic mass is 32.2. The van der Waals surface area contributed by atoms with Gasteiger partial charge in [-0.2, -0.15) is 0 Å². The van der Waals surface area contributed by atoms with Crippen LogP contribution in [-0.4, -0.2) is 40.1 Å². The Morgan fingerprint density at radius 1 is 1.00 bits per heavy atom. The van der Waals surface area contributed by atoms with E-state index in [-0.39, 0.29) is 11.7 Å². The zero-order chi connectivity index (χ0) is 23.8. The van der Waals surface area contributed by atoms with Gasteiger partial charge < -0.3 is 10.1 Å². The number of carbonyl (C=O) groups excluding carboxylic acids is 1. The summed E-state index contributed by atoms with van der Waals surface area (Å²) in [5, 5.41) is 12.5. The molecule has 1 heterocycles. The van der Waals surface area contributed by atoms with Crippen molar-refractivity contribution in [1.82, 2.24) is 14.8 Å². The molecule has 34 heavy (non-hydrogen) atoms. The zero-order valence-corrected chi connectivity index (χ0v) is 20.7. The summed E-state index contributed by atoms with van der Waals surface area (Å²) in [6, 6.07) is 26.1. The third-order valence-electron chi connectivity index (χ3n) is 4.98. The molecule has 0 atom stereocenters. The van der Waals surface area contributed by atoms with Gasteiger partial charge in [0.1, 0.15) is 0 Å². The monoisotopic (exact) mass is 490 g/mol. The van der Waals surface area contributed by atoms with Gasteiger partial charge in [-0.15, -0.1) is 10.2 Å². The van der Waals surface area contributed by atoms with E-state index in [0.717, 1.165) is 32.4 Å². The quantitative estimate of drug-likeness (QED) is 0.284. The molecule has 3 aromatic carbocycles. The van der Waals surface area contributed by atoms with E-state index >= 15 is 0 Å². The van der Waals surface area contributed by atoms with Crippen molar-refractivity contribution in [3.05, 3.63) is 84.4 Å². The fourth-order valence-electron chi connectivity index (χ4n) is 3.37. The molecule has 0 aliphatic heterocycles. The predicted octanol–water partition coefficient (Wildman–Crippen LogP) is 5.78. The standard InChI is InChI=1S/C26H26N4O2S2/c1-19-9-8-10-20(17-19)25-28-29-26(30(25)15-16-32-2)33-18-24(31)27-22-13-6-7-14-23(22)34-21-11-4-3-5-12-21/h3-14,17H,15-16,18H2,1-2H3,(H,27,31). The van der Waals surface area contributed by atoms with Crippen molar-refractivity contribution in [2.75, 3.05) is 24.8 Å². The largest absolute Gasteiger partial charge is 0.383 e. The van der Waals surface area contributed by atoms with Crippen LogP contribution in [0.5, 0.6) is 0 Å². The Morgan fingerprint density at radius 2 is 1.79 bits per heavy atom. The molecule has 0 spiro atoms. The third kappa shape index (κ3) is 6.28. The lowest BCUT2D eigenvalue weighted by Crippen LogP contribution is -2.15. The summed E-state index contributed by atoms with van der Waals surface area (Å²) < 4.78 is 7.29.